The molecular formula is C15H27NO2. The van der Waals surface area contributed by atoms with E-state index in [1.807, 2.05) is 0 Å². The first-order chi connectivity index (χ1) is 8.53. The molecule has 3 heteroatoms. The van der Waals surface area contributed by atoms with E-state index in [-0.39, 0.29) is 11.3 Å². The summed E-state index contributed by atoms with van der Waals surface area (Å²) >= 11 is 0. The van der Waals surface area contributed by atoms with Crippen molar-refractivity contribution in [2.75, 3.05) is 26.2 Å². The lowest BCUT2D eigenvalue weighted by molar-refractivity contribution is -0.128. The summed E-state index contributed by atoms with van der Waals surface area (Å²) in [7, 11) is 0. The minimum Gasteiger partial charge on any atom is -0.377 e. The quantitative estimate of drug-likeness (QED) is 0.771. The third kappa shape index (κ3) is 3.12. The molecule has 1 aliphatic carbocycles. The Hall–Kier alpha value is -0.410. The second-order valence-electron chi connectivity index (χ2n) is 6.46. The van der Waals surface area contributed by atoms with Gasteiger partial charge in [0.15, 0.2) is 0 Å². The van der Waals surface area contributed by atoms with Crippen molar-refractivity contribution in [3.8, 4) is 0 Å². The van der Waals surface area contributed by atoms with Crippen LogP contribution in [0.1, 0.15) is 46.5 Å². The molecule has 2 rings (SSSR count). The Morgan fingerprint density at radius 1 is 1.39 bits per heavy atom. The average molecular weight is 253 g/mol. The number of carbonyl (C=O) groups excluding carboxylic acids is 1. The van der Waals surface area contributed by atoms with Crippen molar-refractivity contribution in [3.63, 3.8) is 0 Å². The zero-order valence-electron chi connectivity index (χ0n) is 12.1. The van der Waals surface area contributed by atoms with E-state index >= 15 is 0 Å². The fourth-order valence-corrected chi connectivity index (χ4v) is 3.38. The fourth-order valence-electron chi connectivity index (χ4n) is 3.38. The normalized spacial score (nSPS) is 32.9. The van der Waals surface area contributed by atoms with Crippen molar-refractivity contribution in [1.82, 2.24) is 4.90 Å². The van der Waals surface area contributed by atoms with Gasteiger partial charge >= 0.3 is 0 Å². The molecule has 0 radical (unpaired) electrons. The predicted molar refractivity (Wildman–Crippen MR) is 72.6 cm³/mol. The maximum Gasteiger partial charge on any atom is 0.142 e. The number of likely N-dealkylation sites (tertiary alicyclic amines) is 1. The van der Waals surface area contributed by atoms with E-state index in [2.05, 4.69) is 25.7 Å². The van der Waals surface area contributed by atoms with Crippen LogP contribution in [-0.4, -0.2) is 43.0 Å². The first kappa shape index (κ1) is 14.0. The van der Waals surface area contributed by atoms with Gasteiger partial charge in [0, 0.05) is 31.0 Å². The van der Waals surface area contributed by atoms with Crippen LogP contribution in [-0.2, 0) is 9.53 Å². The Morgan fingerprint density at radius 2 is 2.17 bits per heavy atom. The maximum atomic E-state index is 12.3. The molecule has 2 fully saturated rings. The molecule has 0 bridgehead atoms. The molecule has 0 spiro atoms. The summed E-state index contributed by atoms with van der Waals surface area (Å²) < 4.78 is 5.72. The van der Waals surface area contributed by atoms with Crippen LogP contribution >= 0.6 is 0 Å². The highest BCUT2D eigenvalue weighted by Crippen LogP contribution is 2.38. The highest BCUT2D eigenvalue weighted by atomic mass is 16.5. The summed E-state index contributed by atoms with van der Waals surface area (Å²) in [6, 6.07) is 0. The van der Waals surface area contributed by atoms with Crippen molar-refractivity contribution < 1.29 is 9.53 Å². The Labute approximate surface area is 111 Å². The van der Waals surface area contributed by atoms with Crippen molar-refractivity contribution in [2.45, 2.75) is 52.6 Å². The molecule has 1 aliphatic heterocycles. The van der Waals surface area contributed by atoms with Crippen LogP contribution in [0.5, 0.6) is 0 Å². The second-order valence-corrected chi connectivity index (χ2v) is 6.46. The van der Waals surface area contributed by atoms with Gasteiger partial charge in [-0.15, -0.1) is 0 Å². The molecule has 0 aromatic carbocycles. The smallest absolute Gasteiger partial charge is 0.142 e. The van der Waals surface area contributed by atoms with Gasteiger partial charge in [-0.25, -0.2) is 0 Å². The van der Waals surface area contributed by atoms with Crippen molar-refractivity contribution in [2.24, 2.45) is 11.3 Å². The highest BCUT2D eigenvalue weighted by molar-refractivity contribution is 5.88. The zero-order chi connectivity index (χ0) is 13.2. The lowest BCUT2D eigenvalue weighted by Crippen LogP contribution is -2.43. The van der Waals surface area contributed by atoms with Gasteiger partial charge in [0.25, 0.3) is 0 Å². The fraction of sp³-hybridized carbons (Fsp3) is 0.933. The maximum absolute atomic E-state index is 12.3. The van der Waals surface area contributed by atoms with Crippen molar-refractivity contribution in [3.05, 3.63) is 0 Å². The Morgan fingerprint density at radius 3 is 2.78 bits per heavy atom. The summed E-state index contributed by atoms with van der Waals surface area (Å²) in [6.07, 6.45) is 4.89. The van der Waals surface area contributed by atoms with Crippen LogP contribution in [0.4, 0.5) is 0 Å². The van der Waals surface area contributed by atoms with Gasteiger partial charge in [0.05, 0.1) is 6.10 Å². The molecule has 104 valence electrons. The molecule has 1 saturated carbocycles. The number of ketones is 1. The summed E-state index contributed by atoms with van der Waals surface area (Å²) in [5, 5.41) is 0. The molecule has 1 heterocycles. The van der Waals surface area contributed by atoms with Crippen LogP contribution in [0.25, 0.3) is 0 Å². The summed E-state index contributed by atoms with van der Waals surface area (Å²) in [5.74, 6) is 0.737. The Bertz CT molecular complexity index is 299. The van der Waals surface area contributed by atoms with E-state index in [0.717, 1.165) is 39.1 Å². The molecule has 3 nitrogen and oxygen atoms in total. The number of hydrogen-bond acceptors (Lipinski definition) is 3. The topological polar surface area (TPSA) is 29.5 Å². The lowest BCUT2D eigenvalue weighted by Gasteiger charge is -2.33. The summed E-state index contributed by atoms with van der Waals surface area (Å²) in [4.78, 5) is 14.7. The van der Waals surface area contributed by atoms with Crippen LogP contribution in [0.2, 0.25) is 0 Å². The average Bonchev–Trinajstić information content (AvgIpc) is 2.57. The van der Waals surface area contributed by atoms with Gasteiger partial charge in [-0.1, -0.05) is 13.8 Å². The standard InChI is InChI=1S/C15H27NO2/c1-4-18-13-6-5-9-16(11-13)10-12-7-8-15(2,3)14(12)17/h12-13H,4-11H2,1-3H3. The van der Waals surface area contributed by atoms with Crippen LogP contribution in [0.15, 0.2) is 0 Å². The highest BCUT2D eigenvalue weighted by Gasteiger charge is 2.41. The van der Waals surface area contributed by atoms with E-state index in [4.69, 9.17) is 4.74 Å². The number of piperidine rings is 1. The molecule has 1 saturated heterocycles. The molecule has 18 heavy (non-hydrogen) atoms. The zero-order valence-corrected chi connectivity index (χ0v) is 12.1. The Balaban J connectivity index is 1.84. The molecule has 0 amide bonds. The molecule has 2 atom stereocenters. The largest absolute Gasteiger partial charge is 0.377 e. The minimum atomic E-state index is -0.0836. The van der Waals surface area contributed by atoms with Crippen molar-refractivity contribution >= 4 is 5.78 Å². The van der Waals surface area contributed by atoms with E-state index < -0.39 is 0 Å². The number of Topliss-reactive ketones (excluding diaryl/α,β-unsaturated/α-hetero) is 1. The van der Waals surface area contributed by atoms with E-state index in [1.54, 1.807) is 0 Å². The van der Waals surface area contributed by atoms with Gasteiger partial charge < -0.3 is 9.64 Å². The molecular weight excluding hydrogens is 226 g/mol. The number of carbonyl (C=O) groups is 1. The number of ether oxygens (including phenoxy) is 1. The van der Waals surface area contributed by atoms with Gasteiger partial charge in [0.1, 0.15) is 5.78 Å². The van der Waals surface area contributed by atoms with E-state index in [9.17, 15) is 4.79 Å². The number of hydrogen-bond donors (Lipinski definition) is 0. The third-order valence-corrected chi connectivity index (χ3v) is 4.50. The second kappa shape index (κ2) is 5.70. The van der Waals surface area contributed by atoms with Crippen LogP contribution < -0.4 is 0 Å². The molecule has 0 aromatic heterocycles. The van der Waals surface area contributed by atoms with Gasteiger partial charge in [-0.05, 0) is 39.2 Å². The SMILES string of the molecule is CCOC1CCCN(CC2CCC(C)(C)C2=O)C1. The van der Waals surface area contributed by atoms with Gasteiger partial charge in [-0.2, -0.15) is 0 Å². The molecule has 0 N–H and O–H groups in total. The predicted octanol–water partition coefficient (Wildman–Crippen LogP) is 2.49. The first-order valence-corrected chi connectivity index (χ1v) is 7.41. The Kier molecular flexibility index (Phi) is 4.44. The molecule has 2 unspecified atom stereocenters. The number of nitrogens with zero attached hydrogens (tertiary/aromatic N) is 1. The summed E-state index contributed by atoms with van der Waals surface area (Å²) in [5.41, 5.74) is -0.0836. The van der Waals surface area contributed by atoms with Gasteiger partial charge in [-0.3, -0.25) is 4.79 Å². The number of rotatable bonds is 4. The van der Waals surface area contributed by atoms with Crippen LogP contribution in [0.3, 0.4) is 0 Å². The van der Waals surface area contributed by atoms with E-state index in [1.165, 1.54) is 12.8 Å². The molecule has 0 aromatic rings. The van der Waals surface area contributed by atoms with E-state index in [0.29, 0.717) is 11.9 Å². The third-order valence-electron chi connectivity index (χ3n) is 4.50. The van der Waals surface area contributed by atoms with Gasteiger partial charge in [0.2, 0.25) is 0 Å². The van der Waals surface area contributed by atoms with Crippen LogP contribution in [0, 0.1) is 11.3 Å². The molecule has 2 aliphatic rings. The van der Waals surface area contributed by atoms with Crippen molar-refractivity contribution in [1.29, 1.82) is 0 Å². The summed E-state index contributed by atoms with van der Waals surface area (Å²) in [6.45, 7) is 10.1. The monoisotopic (exact) mass is 253 g/mol. The first-order valence-electron chi connectivity index (χ1n) is 7.41. The minimum absolute atomic E-state index is 0.0836. The lowest BCUT2D eigenvalue weighted by atomic mass is 9.89.